The third-order valence-electron chi connectivity index (χ3n) is 35.1. The molecule has 0 heteroatoms. The lowest BCUT2D eigenvalue weighted by Gasteiger charge is -2.22. The van der Waals surface area contributed by atoms with E-state index < -0.39 is 0 Å². The first kappa shape index (κ1) is 80.8. The molecule has 30 aromatic carbocycles. The molecule has 0 saturated carbocycles. The Morgan fingerprint density at radius 2 is 0.324 bits per heavy atom. The van der Waals surface area contributed by atoms with Gasteiger partial charge < -0.3 is 0 Å². The number of hydrogen-bond donors (Lipinski definition) is 0. The minimum atomic E-state index is 1.17. The van der Waals surface area contributed by atoms with Gasteiger partial charge in [-0.1, -0.05) is 388 Å². The Labute approximate surface area is 853 Å². The zero-order valence-electron chi connectivity index (χ0n) is 81.7. The van der Waals surface area contributed by atoms with Gasteiger partial charge in [-0.05, 0) is 472 Å². The van der Waals surface area contributed by atoms with Crippen LogP contribution in [0, 0.1) is 27.7 Å². The van der Waals surface area contributed by atoms with E-state index in [-0.39, 0.29) is 0 Å². The third-order valence-corrected chi connectivity index (χ3v) is 35.1. The van der Waals surface area contributed by atoms with Crippen LogP contribution in [0.4, 0.5) is 0 Å². The molecule has 4 aliphatic carbocycles. The molecular formula is C148H86. The number of benzene rings is 30. The maximum absolute atomic E-state index is 2.60. The van der Waals surface area contributed by atoms with Crippen LogP contribution < -0.4 is 0 Å². The molecule has 0 unspecified atom stereocenters. The summed E-state index contributed by atoms with van der Waals surface area (Å²) in [6.07, 6.45) is 0. The normalized spacial score (nSPS) is 12.6. The van der Waals surface area contributed by atoms with Crippen LogP contribution in [0.2, 0.25) is 0 Å². The van der Waals surface area contributed by atoms with Gasteiger partial charge in [0.15, 0.2) is 0 Å². The third kappa shape index (κ3) is 10.6. The predicted molar refractivity (Wildman–Crippen MR) is 635 cm³/mol. The van der Waals surface area contributed by atoms with Gasteiger partial charge in [-0.2, -0.15) is 0 Å². The predicted octanol–water partition coefficient (Wildman–Crippen LogP) is 41.8. The van der Waals surface area contributed by atoms with Crippen LogP contribution in [0.1, 0.15) is 22.3 Å². The Balaban J connectivity index is 0.554. The molecule has 0 fully saturated rings. The smallest absolute Gasteiger partial charge is 0.000730 e. The number of hydrogen-bond acceptors (Lipinski definition) is 0. The van der Waals surface area contributed by atoms with Crippen molar-refractivity contribution in [3.63, 3.8) is 0 Å². The fourth-order valence-electron chi connectivity index (χ4n) is 28.9. The quantitative estimate of drug-likeness (QED) is 0.0998. The zero-order valence-corrected chi connectivity index (χ0v) is 81.7. The molecule has 34 rings (SSSR count). The highest BCUT2D eigenvalue weighted by Crippen LogP contribution is 2.67. The molecule has 0 spiro atoms. The molecule has 4 aliphatic rings. The Morgan fingerprint density at radius 1 is 0.0946 bits per heavy atom. The molecule has 30 aromatic rings. The minimum Gasteiger partial charge on any atom is -0.0622 e. The van der Waals surface area contributed by atoms with Gasteiger partial charge in [-0.3, -0.25) is 0 Å². The van der Waals surface area contributed by atoms with Gasteiger partial charge in [0.25, 0.3) is 0 Å². The molecule has 678 valence electrons. The second-order valence-corrected chi connectivity index (χ2v) is 42.4. The van der Waals surface area contributed by atoms with E-state index in [1.165, 1.54) is 384 Å². The molecule has 148 heavy (non-hydrogen) atoms. The Hall–Kier alpha value is -18.7. The highest BCUT2D eigenvalue weighted by Gasteiger charge is 2.39. The largest absolute Gasteiger partial charge is 0.0622 e. The van der Waals surface area contributed by atoms with Crippen LogP contribution in [0.5, 0.6) is 0 Å². The van der Waals surface area contributed by atoms with Crippen molar-refractivity contribution in [2.75, 3.05) is 0 Å². The molecule has 0 aliphatic heterocycles. The van der Waals surface area contributed by atoms with E-state index in [2.05, 4.69) is 477 Å². The van der Waals surface area contributed by atoms with Crippen molar-refractivity contribution in [2.45, 2.75) is 27.7 Å². The van der Waals surface area contributed by atoms with E-state index in [1.54, 1.807) is 0 Å². The average molecular weight is 1860 g/mol. The second kappa shape index (κ2) is 29.5. The van der Waals surface area contributed by atoms with Crippen molar-refractivity contribution in [3.05, 3.63) is 471 Å². The maximum atomic E-state index is 2.60. The SMILES string of the molecule is Cc1ccccc1-c1c2c(c(-c3ccccc3)c3cc4ccccc4cc13)-c1ccc3c4ccc5c6c(ccc(c7ccc-2c1c37)c64)-c1c-5c(-c2ccccc2)c2cc3ccc(-c4ccc5c(-c6ccccc6)c6cc7c(cc6c(-c6ccccc6C)c5c4)-c4ccc5c6ccc8c9c(ccc(c%10ccc-7c4c%105)c96)-c4cc5c(-c6ccccc6)c6ccccc6c(-c6ccccc6C)c5cc4-8)cc3cc2c1-c1ccccc1C. The monoisotopic (exact) mass is 1860 g/mol. The van der Waals surface area contributed by atoms with Crippen molar-refractivity contribution in [1.82, 2.24) is 0 Å². The summed E-state index contributed by atoms with van der Waals surface area (Å²) in [6, 6.07) is 174. The van der Waals surface area contributed by atoms with Gasteiger partial charge in [-0.25, -0.2) is 0 Å². The molecule has 0 bridgehead atoms. The molecule has 0 N–H and O–H groups in total. The summed E-state index contributed by atoms with van der Waals surface area (Å²) in [5.41, 5.74) is 48.3. The van der Waals surface area contributed by atoms with E-state index >= 15 is 0 Å². The van der Waals surface area contributed by atoms with Gasteiger partial charge in [0.2, 0.25) is 0 Å². The standard InChI is InChI=1S/C148H86/c1-79-29-17-23-43-93(79)133-98-48-28-27-47-97(98)129(83-33-9-5-10-34-83)125-75-116-107-57-53-99-100-54-58-108-117-76-126-128(78-119(117)110-60-56-102(138(100)142(108)110)101-55-59-109(141(107)137(99)101)118(116)77-127(125)133)134(94-44-24-18-30-80(94)2)120-72-90(51-52-111(120)130(126)84-35-11-6-12-36-84)89-49-50-91-73-122-124(74-92(91)69-89)136(96-46-26-20-32-82(96)4)148-115-68-64-106-105-63-67-114-143-112(65-61-103(139(105)143)104-62-66-113(144(115)140(104)106)146(148)132(122)86-39-15-8-16-40-86)145-131(85-37-13-7-14-38-85)121-70-87-41-21-22-42-88(87)71-123(121)135(147(114)145)95-45-25-19-31-81(95)3/h5-78H,1-4H3. The number of rotatable bonds is 9. The average Bonchev–Trinajstić information content (AvgIpc) is 1.50. The molecule has 0 nitrogen and oxygen atoms in total. The van der Waals surface area contributed by atoms with Gasteiger partial charge in [0.1, 0.15) is 0 Å². The van der Waals surface area contributed by atoms with Crippen molar-refractivity contribution in [2.24, 2.45) is 0 Å². The summed E-state index contributed by atoms with van der Waals surface area (Å²) in [5.74, 6) is 0. The lowest BCUT2D eigenvalue weighted by Crippen LogP contribution is -1.95. The number of aryl methyl sites for hydroxylation is 4. The van der Waals surface area contributed by atoms with Gasteiger partial charge in [0, 0.05) is 0 Å². The van der Waals surface area contributed by atoms with Crippen LogP contribution in [0.25, 0.3) is 362 Å². The van der Waals surface area contributed by atoms with Gasteiger partial charge in [0.05, 0.1) is 0 Å². The first-order chi connectivity index (χ1) is 73.1. The molecule has 0 aromatic heterocycles. The first-order valence-corrected chi connectivity index (χ1v) is 52.2. The van der Waals surface area contributed by atoms with Crippen LogP contribution in [-0.4, -0.2) is 0 Å². The topological polar surface area (TPSA) is 0 Å². The van der Waals surface area contributed by atoms with Crippen LogP contribution in [0.3, 0.4) is 0 Å². The van der Waals surface area contributed by atoms with E-state index in [4.69, 9.17) is 0 Å². The molecule has 0 saturated heterocycles. The van der Waals surface area contributed by atoms with Crippen molar-refractivity contribution < 1.29 is 0 Å². The Kier molecular flexibility index (Phi) is 16.1. The maximum Gasteiger partial charge on any atom is -0.000730 e. The fraction of sp³-hybridized carbons (Fsp3) is 0.0270. The fourth-order valence-corrected chi connectivity index (χ4v) is 28.9. The molecule has 0 heterocycles. The summed E-state index contributed by atoms with van der Waals surface area (Å²) in [7, 11) is 0. The van der Waals surface area contributed by atoms with E-state index in [1.807, 2.05) is 0 Å². The molecule has 0 radical (unpaired) electrons. The minimum absolute atomic E-state index is 1.17. The van der Waals surface area contributed by atoms with Gasteiger partial charge >= 0.3 is 0 Å². The van der Waals surface area contributed by atoms with Crippen molar-refractivity contribution >= 4 is 172 Å². The molecular weight excluding hydrogens is 1780 g/mol. The van der Waals surface area contributed by atoms with E-state index in [0.29, 0.717) is 0 Å². The Bertz CT molecular complexity index is 11300. The molecule has 0 amide bonds. The first-order valence-electron chi connectivity index (χ1n) is 52.2. The summed E-state index contributed by atoms with van der Waals surface area (Å²) >= 11 is 0. The summed E-state index contributed by atoms with van der Waals surface area (Å²) in [5, 5.41) is 41.1. The highest BCUT2D eigenvalue weighted by molar-refractivity contribution is 6.45. The van der Waals surface area contributed by atoms with Gasteiger partial charge in [-0.15, -0.1) is 0 Å². The second-order valence-electron chi connectivity index (χ2n) is 42.4. The Morgan fingerprint density at radius 3 is 0.689 bits per heavy atom. The van der Waals surface area contributed by atoms with Crippen molar-refractivity contribution in [1.29, 1.82) is 0 Å². The molecule has 0 atom stereocenters. The van der Waals surface area contributed by atoms with Crippen LogP contribution in [0.15, 0.2) is 449 Å². The summed E-state index contributed by atoms with van der Waals surface area (Å²) < 4.78 is 0. The van der Waals surface area contributed by atoms with E-state index in [0.717, 1.165) is 0 Å². The van der Waals surface area contributed by atoms with Crippen LogP contribution in [-0.2, 0) is 0 Å². The van der Waals surface area contributed by atoms with E-state index in [9.17, 15) is 0 Å². The van der Waals surface area contributed by atoms with Crippen molar-refractivity contribution in [3.8, 4) is 189 Å². The lowest BCUT2D eigenvalue weighted by atomic mass is 9.80. The zero-order chi connectivity index (χ0) is 96.7. The van der Waals surface area contributed by atoms with Crippen LogP contribution >= 0.6 is 0 Å². The number of fused-ring (bicyclic) bond motifs is 24. The summed E-state index contributed by atoms with van der Waals surface area (Å²) in [4.78, 5) is 0. The lowest BCUT2D eigenvalue weighted by molar-refractivity contribution is 1.47. The highest BCUT2D eigenvalue weighted by atomic mass is 14.4. The summed E-state index contributed by atoms with van der Waals surface area (Å²) in [6.45, 7) is 9.18.